The van der Waals surface area contributed by atoms with E-state index in [-0.39, 0.29) is 5.56 Å². The predicted octanol–water partition coefficient (Wildman–Crippen LogP) is 2.44. The Morgan fingerprint density at radius 2 is 2.44 bits per heavy atom. The van der Waals surface area contributed by atoms with E-state index in [1.807, 2.05) is 11.8 Å². The van der Waals surface area contributed by atoms with E-state index in [0.29, 0.717) is 23.2 Å². The molecular formula is C12H12N2O3S. The smallest absolute Gasteiger partial charge is 0.335 e. The van der Waals surface area contributed by atoms with Gasteiger partial charge >= 0.3 is 5.97 Å². The molecule has 0 bridgehead atoms. The number of carboxylic acid groups (broad SMARTS) is 1. The van der Waals surface area contributed by atoms with Crippen molar-refractivity contribution < 1.29 is 14.3 Å². The van der Waals surface area contributed by atoms with Crippen molar-refractivity contribution in [3.63, 3.8) is 0 Å². The molecule has 5 nitrogen and oxygen atoms in total. The number of benzene rings is 1. The van der Waals surface area contributed by atoms with E-state index in [9.17, 15) is 4.79 Å². The number of carbonyl (C=O) groups is 1. The number of fused-ring (bicyclic) bond motifs is 1. The van der Waals surface area contributed by atoms with Crippen LogP contribution in [0.15, 0.2) is 22.6 Å². The molecule has 0 saturated carbocycles. The fourth-order valence-corrected chi connectivity index (χ4v) is 3.09. The van der Waals surface area contributed by atoms with Crippen LogP contribution in [0.2, 0.25) is 0 Å². The fourth-order valence-electron chi connectivity index (χ4n) is 1.94. The van der Waals surface area contributed by atoms with E-state index in [1.165, 1.54) is 12.1 Å². The number of carboxylic acids is 1. The van der Waals surface area contributed by atoms with Crippen molar-refractivity contribution in [2.75, 3.05) is 16.8 Å². The molecule has 1 aromatic carbocycles. The lowest BCUT2D eigenvalue weighted by atomic mass is 10.2. The molecule has 6 heteroatoms. The third-order valence-corrected chi connectivity index (χ3v) is 4.06. The predicted molar refractivity (Wildman–Crippen MR) is 70.3 cm³/mol. The molecule has 0 amide bonds. The topological polar surface area (TPSA) is 75.4 Å². The molecule has 0 spiro atoms. The van der Waals surface area contributed by atoms with Crippen molar-refractivity contribution in [2.45, 2.75) is 12.5 Å². The summed E-state index contributed by atoms with van der Waals surface area (Å²) >= 11 is 1.91. The monoisotopic (exact) mass is 264 g/mol. The molecule has 2 heterocycles. The van der Waals surface area contributed by atoms with Gasteiger partial charge in [-0.2, -0.15) is 16.7 Å². The summed E-state index contributed by atoms with van der Waals surface area (Å²) in [5, 5.41) is 12.1. The Morgan fingerprint density at radius 3 is 3.17 bits per heavy atom. The lowest BCUT2D eigenvalue weighted by Gasteiger charge is -2.07. The van der Waals surface area contributed by atoms with Crippen molar-refractivity contribution in [2.24, 2.45) is 0 Å². The lowest BCUT2D eigenvalue weighted by Crippen LogP contribution is -2.18. The van der Waals surface area contributed by atoms with E-state index in [1.54, 1.807) is 6.07 Å². The van der Waals surface area contributed by atoms with Crippen molar-refractivity contribution >= 4 is 34.8 Å². The van der Waals surface area contributed by atoms with Crippen LogP contribution >= 0.6 is 11.8 Å². The highest BCUT2D eigenvalue weighted by Crippen LogP contribution is 2.24. The molecule has 1 saturated heterocycles. The highest BCUT2D eigenvalue weighted by atomic mass is 32.2. The standard InChI is InChI=1S/C12H12N2O3S/c15-11(16)7-1-2-9-10(5-7)17-12(14-9)13-8-3-4-18-6-8/h1-2,5,8H,3-4,6H2,(H,13,14)(H,15,16). The summed E-state index contributed by atoms with van der Waals surface area (Å²) in [5.41, 5.74) is 1.39. The summed E-state index contributed by atoms with van der Waals surface area (Å²) in [5.74, 6) is 1.25. The Labute approximate surface area is 108 Å². The number of hydrogen-bond donors (Lipinski definition) is 2. The highest BCUT2D eigenvalue weighted by Gasteiger charge is 2.17. The number of oxazole rings is 1. The molecular weight excluding hydrogens is 252 g/mol. The summed E-state index contributed by atoms with van der Waals surface area (Å²) < 4.78 is 5.53. The van der Waals surface area contributed by atoms with Crippen LogP contribution in [-0.2, 0) is 0 Å². The second-order valence-electron chi connectivity index (χ2n) is 4.21. The van der Waals surface area contributed by atoms with Crippen LogP contribution in [0.1, 0.15) is 16.8 Å². The largest absolute Gasteiger partial charge is 0.478 e. The fraction of sp³-hybridized carbons (Fsp3) is 0.333. The van der Waals surface area contributed by atoms with Crippen LogP contribution in [0.5, 0.6) is 0 Å². The molecule has 18 heavy (non-hydrogen) atoms. The minimum atomic E-state index is -0.963. The molecule has 1 unspecified atom stereocenters. The molecule has 0 radical (unpaired) electrons. The van der Waals surface area contributed by atoms with Crippen LogP contribution < -0.4 is 5.32 Å². The third-order valence-electron chi connectivity index (χ3n) is 2.89. The number of nitrogens with one attached hydrogen (secondary N) is 1. The zero-order chi connectivity index (χ0) is 12.5. The average molecular weight is 264 g/mol. The third kappa shape index (κ3) is 2.15. The van der Waals surface area contributed by atoms with E-state index in [0.717, 1.165) is 17.9 Å². The van der Waals surface area contributed by atoms with Gasteiger partial charge < -0.3 is 14.8 Å². The number of nitrogens with zero attached hydrogens (tertiary/aromatic N) is 1. The number of anilines is 1. The zero-order valence-corrected chi connectivity index (χ0v) is 10.4. The second-order valence-corrected chi connectivity index (χ2v) is 5.36. The number of aromatic nitrogens is 1. The van der Waals surface area contributed by atoms with Crippen LogP contribution in [0.3, 0.4) is 0 Å². The number of hydrogen-bond acceptors (Lipinski definition) is 5. The van der Waals surface area contributed by atoms with Gasteiger partial charge in [-0.1, -0.05) is 0 Å². The van der Waals surface area contributed by atoms with Crippen LogP contribution in [0.25, 0.3) is 11.1 Å². The molecule has 94 valence electrons. The first-order chi connectivity index (χ1) is 8.72. The van der Waals surface area contributed by atoms with Gasteiger partial charge in [0.15, 0.2) is 5.58 Å². The molecule has 3 rings (SSSR count). The van der Waals surface area contributed by atoms with Crippen LogP contribution in [0, 0.1) is 0 Å². The minimum Gasteiger partial charge on any atom is -0.478 e. The zero-order valence-electron chi connectivity index (χ0n) is 9.55. The maximum atomic E-state index is 10.8. The number of aromatic carboxylic acids is 1. The van der Waals surface area contributed by atoms with E-state index < -0.39 is 5.97 Å². The second kappa shape index (κ2) is 4.53. The summed E-state index contributed by atoms with van der Waals surface area (Å²) in [7, 11) is 0. The molecule has 1 atom stereocenters. The van der Waals surface area contributed by atoms with Crippen molar-refractivity contribution in [1.29, 1.82) is 0 Å². The Balaban J connectivity index is 1.87. The maximum absolute atomic E-state index is 10.8. The molecule has 2 N–H and O–H groups in total. The maximum Gasteiger partial charge on any atom is 0.335 e. The minimum absolute atomic E-state index is 0.210. The molecule has 1 aromatic heterocycles. The molecule has 0 aliphatic carbocycles. The Kier molecular flexibility index (Phi) is 2.87. The molecule has 2 aromatic rings. The van der Waals surface area contributed by atoms with Gasteiger partial charge in [0.2, 0.25) is 0 Å². The molecule has 1 aliphatic rings. The summed E-state index contributed by atoms with van der Waals surface area (Å²) in [4.78, 5) is 15.1. The van der Waals surface area contributed by atoms with E-state index in [2.05, 4.69) is 10.3 Å². The van der Waals surface area contributed by atoms with E-state index >= 15 is 0 Å². The average Bonchev–Trinajstić information content (AvgIpc) is 2.96. The van der Waals surface area contributed by atoms with Gasteiger partial charge in [-0.15, -0.1) is 0 Å². The molecule has 1 fully saturated rings. The summed E-state index contributed by atoms with van der Waals surface area (Å²) in [6.07, 6.45) is 1.10. The number of thioether (sulfide) groups is 1. The van der Waals surface area contributed by atoms with Crippen molar-refractivity contribution in [1.82, 2.24) is 4.98 Å². The first-order valence-electron chi connectivity index (χ1n) is 5.70. The van der Waals surface area contributed by atoms with Crippen molar-refractivity contribution in [3.05, 3.63) is 23.8 Å². The Hall–Kier alpha value is -1.69. The highest BCUT2D eigenvalue weighted by molar-refractivity contribution is 7.99. The van der Waals surface area contributed by atoms with Gasteiger partial charge in [-0.3, -0.25) is 0 Å². The van der Waals surface area contributed by atoms with Crippen LogP contribution in [0.4, 0.5) is 6.01 Å². The Bertz CT molecular complexity index is 590. The Morgan fingerprint density at radius 1 is 1.56 bits per heavy atom. The van der Waals surface area contributed by atoms with E-state index in [4.69, 9.17) is 9.52 Å². The van der Waals surface area contributed by atoms with Gasteiger partial charge in [0.25, 0.3) is 6.01 Å². The van der Waals surface area contributed by atoms with Gasteiger partial charge in [-0.25, -0.2) is 4.79 Å². The first-order valence-corrected chi connectivity index (χ1v) is 6.86. The first kappa shape index (κ1) is 11.4. The van der Waals surface area contributed by atoms with Gasteiger partial charge in [0.05, 0.1) is 5.56 Å². The summed E-state index contributed by atoms with van der Waals surface area (Å²) in [6.45, 7) is 0. The van der Waals surface area contributed by atoms with Gasteiger partial charge in [-0.05, 0) is 30.4 Å². The number of rotatable bonds is 3. The van der Waals surface area contributed by atoms with Gasteiger partial charge in [0.1, 0.15) is 5.52 Å². The van der Waals surface area contributed by atoms with Crippen molar-refractivity contribution in [3.8, 4) is 0 Å². The normalized spacial score (nSPS) is 19.2. The van der Waals surface area contributed by atoms with Gasteiger partial charge in [0, 0.05) is 11.8 Å². The lowest BCUT2D eigenvalue weighted by molar-refractivity contribution is 0.0697. The van der Waals surface area contributed by atoms with Crippen LogP contribution in [-0.4, -0.2) is 33.6 Å². The molecule has 1 aliphatic heterocycles. The summed E-state index contributed by atoms with van der Waals surface area (Å²) in [6, 6.07) is 5.56. The quantitative estimate of drug-likeness (QED) is 0.886. The SMILES string of the molecule is O=C(O)c1ccc2nc(NC3CCSC3)oc2c1.